The van der Waals surface area contributed by atoms with Crippen molar-refractivity contribution >= 4 is 5.91 Å². The largest absolute Gasteiger partial charge is 0.348 e. The molecule has 0 radical (unpaired) electrons. The lowest BCUT2D eigenvalue weighted by Gasteiger charge is -2.33. The zero-order valence-corrected chi connectivity index (χ0v) is 14.3. The number of nitrogens with zero attached hydrogens (tertiary/aromatic N) is 2. The molecule has 1 aromatic heterocycles. The lowest BCUT2D eigenvalue weighted by molar-refractivity contribution is -0.123. The first-order valence-corrected chi connectivity index (χ1v) is 8.49. The molecule has 2 aromatic rings. The molecule has 1 aliphatic heterocycles. The summed E-state index contributed by atoms with van der Waals surface area (Å²) < 4.78 is 15.4. The van der Waals surface area contributed by atoms with Gasteiger partial charge in [-0.3, -0.25) is 9.48 Å². The molecule has 0 bridgehead atoms. The van der Waals surface area contributed by atoms with Crippen LogP contribution in [0.4, 0.5) is 4.39 Å². The zero-order valence-electron chi connectivity index (χ0n) is 14.3. The number of benzene rings is 1. The van der Waals surface area contributed by atoms with E-state index < -0.39 is 0 Å². The quantitative estimate of drug-likeness (QED) is 0.794. The van der Waals surface area contributed by atoms with Crippen LogP contribution in [0.2, 0.25) is 0 Å². The summed E-state index contributed by atoms with van der Waals surface area (Å²) in [6, 6.07) is 6.22. The van der Waals surface area contributed by atoms with Crippen molar-refractivity contribution in [2.45, 2.75) is 44.9 Å². The molecule has 1 amide bonds. The predicted molar refractivity (Wildman–Crippen MR) is 94.3 cm³/mol. The van der Waals surface area contributed by atoms with Gasteiger partial charge < -0.3 is 10.6 Å². The summed E-state index contributed by atoms with van der Waals surface area (Å²) in [6.07, 6.45) is 4.99. The van der Waals surface area contributed by atoms with E-state index in [0.29, 0.717) is 25.9 Å². The summed E-state index contributed by atoms with van der Waals surface area (Å²) in [5.41, 5.74) is 2.86. The maximum absolute atomic E-state index is 13.6. The maximum atomic E-state index is 13.6. The highest BCUT2D eigenvalue weighted by Gasteiger charge is 2.29. The van der Waals surface area contributed by atoms with E-state index >= 15 is 0 Å². The average molecular weight is 342 g/mol. The predicted octanol–water partition coefficient (Wildman–Crippen LogP) is 2.63. The first-order chi connectivity index (χ1) is 12.1. The molecule has 1 aliphatic rings. The zero-order chi connectivity index (χ0) is 17.8. The number of piperidine rings is 1. The van der Waals surface area contributed by atoms with Gasteiger partial charge in [0, 0.05) is 30.8 Å². The van der Waals surface area contributed by atoms with Crippen LogP contribution in [0.5, 0.6) is 0 Å². The molecule has 132 valence electrons. The van der Waals surface area contributed by atoms with Gasteiger partial charge in [-0.15, -0.1) is 6.58 Å². The van der Waals surface area contributed by atoms with Gasteiger partial charge in [0.15, 0.2) is 0 Å². The van der Waals surface area contributed by atoms with E-state index in [2.05, 4.69) is 22.3 Å². The number of allylic oxidation sites excluding steroid dienone is 1. The van der Waals surface area contributed by atoms with Crippen LogP contribution in [0, 0.1) is 12.7 Å². The average Bonchev–Trinajstić information content (AvgIpc) is 2.93. The van der Waals surface area contributed by atoms with Crippen LogP contribution in [0.3, 0.4) is 0 Å². The lowest BCUT2D eigenvalue weighted by Crippen LogP contribution is -2.48. The number of hydrogen-bond donors (Lipinski definition) is 2. The third kappa shape index (κ3) is 4.14. The second-order valence-corrected chi connectivity index (χ2v) is 6.38. The Labute approximate surface area is 146 Å². The Bertz CT molecular complexity index is 771. The highest BCUT2D eigenvalue weighted by molar-refractivity contribution is 5.77. The Morgan fingerprint density at radius 2 is 2.36 bits per heavy atom. The second-order valence-electron chi connectivity index (χ2n) is 6.38. The Hall–Kier alpha value is -2.47. The minimum Gasteiger partial charge on any atom is -0.348 e. The molecule has 25 heavy (non-hydrogen) atoms. The topological polar surface area (TPSA) is 59.0 Å². The van der Waals surface area contributed by atoms with Gasteiger partial charge >= 0.3 is 0 Å². The highest BCUT2D eigenvalue weighted by Crippen LogP contribution is 2.25. The monoisotopic (exact) mass is 342 g/mol. The molecule has 0 spiro atoms. The number of nitrogens with one attached hydrogen (secondary N) is 2. The molecule has 1 aromatic carbocycles. The van der Waals surface area contributed by atoms with Gasteiger partial charge in [-0.05, 0) is 31.0 Å². The summed E-state index contributed by atoms with van der Waals surface area (Å²) in [5.74, 6) is -0.292. The van der Waals surface area contributed by atoms with Crippen molar-refractivity contribution < 1.29 is 9.18 Å². The van der Waals surface area contributed by atoms with E-state index in [1.54, 1.807) is 12.1 Å². The van der Waals surface area contributed by atoms with E-state index in [4.69, 9.17) is 0 Å². The molecule has 5 nitrogen and oxygen atoms in total. The van der Waals surface area contributed by atoms with Gasteiger partial charge in [-0.2, -0.15) is 5.10 Å². The van der Waals surface area contributed by atoms with Crippen molar-refractivity contribution in [3.63, 3.8) is 0 Å². The summed E-state index contributed by atoms with van der Waals surface area (Å²) in [5, 5.41) is 10.9. The highest BCUT2D eigenvalue weighted by atomic mass is 19.1. The first-order valence-electron chi connectivity index (χ1n) is 8.49. The Kier molecular flexibility index (Phi) is 5.28. The van der Waals surface area contributed by atoms with Crippen LogP contribution in [-0.2, 0) is 17.9 Å². The molecular weight excluding hydrogens is 319 g/mol. The van der Waals surface area contributed by atoms with Crippen molar-refractivity contribution in [1.29, 1.82) is 0 Å². The number of aryl methyl sites for hydroxylation is 1. The second kappa shape index (κ2) is 7.61. The molecule has 1 fully saturated rings. The number of rotatable bonds is 6. The molecule has 1 saturated heterocycles. The summed E-state index contributed by atoms with van der Waals surface area (Å²) in [6.45, 7) is 7.02. The molecule has 2 heterocycles. The van der Waals surface area contributed by atoms with Crippen LogP contribution in [0.15, 0.2) is 43.1 Å². The smallest absolute Gasteiger partial charge is 0.220 e. The lowest BCUT2D eigenvalue weighted by atomic mass is 9.91. The minimum absolute atomic E-state index is 0.00212. The Balaban J connectivity index is 1.73. The van der Waals surface area contributed by atoms with Crippen LogP contribution < -0.4 is 10.6 Å². The molecule has 3 rings (SSSR count). The molecule has 0 unspecified atom stereocenters. The third-order valence-corrected chi connectivity index (χ3v) is 4.53. The molecule has 2 N–H and O–H groups in total. The fourth-order valence-corrected chi connectivity index (χ4v) is 3.23. The fourth-order valence-electron chi connectivity index (χ4n) is 3.23. The molecule has 0 aliphatic carbocycles. The summed E-state index contributed by atoms with van der Waals surface area (Å²) >= 11 is 0. The third-order valence-electron chi connectivity index (χ3n) is 4.53. The normalized spacial score (nSPS) is 20.3. The van der Waals surface area contributed by atoms with Crippen molar-refractivity contribution in [3.8, 4) is 0 Å². The van der Waals surface area contributed by atoms with E-state index in [1.165, 1.54) is 12.1 Å². The van der Waals surface area contributed by atoms with E-state index in [0.717, 1.165) is 16.8 Å². The first kappa shape index (κ1) is 17.4. The fraction of sp³-hybridized carbons (Fsp3) is 0.368. The maximum Gasteiger partial charge on any atom is 0.220 e. The Morgan fingerprint density at radius 3 is 3.12 bits per heavy atom. The van der Waals surface area contributed by atoms with E-state index in [1.807, 2.05) is 23.9 Å². The van der Waals surface area contributed by atoms with Crippen LogP contribution in [-0.4, -0.2) is 21.7 Å². The van der Waals surface area contributed by atoms with Crippen molar-refractivity contribution in [2.24, 2.45) is 0 Å². The number of aromatic nitrogens is 2. The molecule has 0 saturated carbocycles. The van der Waals surface area contributed by atoms with Gasteiger partial charge in [-0.25, -0.2) is 4.39 Å². The SMILES string of the molecule is C=CCn1cc(CN[C@@H]2CCC(=O)N[C@H]2c2cccc(F)c2)c(C)n1. The van der Waals surface area contributed by atoms with Gasteiger partial charge in [0.05, 0.1) is 18.3 Å². The van der Waals surface area contributed by atoms with Crippen molar-refractivity contribution in [1.82, 2.24) is 20.4 Å². The van der Waals surface area contributed by atoms with Gasteiger partial charge in [0.2, 0.25) is 5.91 Å². The Morgan fingerprint density at radius 1 is 1.52 bits per heavy atom. The molecular formula is C19H23FN4O. The van der Waals surface area contributed by atoms with Gasteiger partial charge in [0.25, 0.3) is 0 Å². The van der Waals surface area contributed by atoms with Gasteiger partial charge in [-0.1, -0.05) is 18.2 Å². The molecule has 6 heteroatoms. The standard InChI is InChI=1S/C19H23FN4O/c1-3-9-24-12-15(13(2)23-24)11-21-17-7-8-18(25)22-19(17)14-5-4-6-16(20)10-14/h3-6,10,12,17,19,21H,1,7-9,11H2,2H3,(H,22,25)/t17-,19+/m1/s1. The minimum atomic E-state index is -0.294. The molecule has 2 atom stereocenters. The van der Waals surface area contributed by atoms with E-state index in [9.17, 15) is 9.18 Å². The van der Waals surface area contributed by atoms with Gasteiger partial charge in [0.1, 0.15) is 5.82 Å². The summed E-state index contributed by atoms with van der Waals surface area (Å²) in [4.78, 5) is 11.8. The summed E-state index contributed by atoms with van der Waals surface area (Å²) in [7, 11) is 0. The van der Waals surface area contributed by atoms with Crippen LogP contribution in [0.1, 0.15) is 35.7 Å². The van der Waals surface area contributed by atoms with Crippen LogP contribution in [0.25, 0.3) is 0 Å². The number of carbonyl (C=O) groups is 1. The van der Waals surface area contributed by atoms with E-state index in [-0.39, 0.29) is 23.8 Å². The number of hydrogen-bond acceptors (Lipinski definition) is 3. The van der Waals surface area contributed by atoms with Crippen molar-refractivity contribution in [2.75, 3.05) is 0 Å². The number of halogens is 1. The van der Waals surface area contributed by atoms with Crippen molar-refractivity contribution in [3.05, 3.63) is 65.8 Å². The number of carbonyl (C=O) groups excluding carboxylic acids is 1. The van der Waals surface area contributed by atoms with Crippen LogP contribution >= 0.6 is 0 Å². The number of amides is 1.